The Morgan fingerprint density at radius 2 is 2.00 bits per heavy atom. The van der Waals surface area contributed by atoms with E-state index in [4.69, 9.17) is 0 Å². The molecule has 0 heterocycles. The van der Waals surface area contributed by atoms with E-state index in [1.807, 2.05) is 13.0 Å². The average molecular weight is 366 g/mol. The first-order chi connectivity index (χ1) is 9.38. The molecule has 1 aromatic carbocycles. The molecule has 20 heavy (non-hydrogen) atoms. The van der Waals surface area contributed by atoms with E-state index in [2.05, 4.69) is 21.2 Å². The van der Waals surface area contributed by atoms with Gasteiger partial charge in [0.25, 0.3) is 0 Å². The van der Waals surface area contributed by atoms with E-state index in [1.165, 1.54) is 12.1 Å². The molecular formula is C14H21BrFNO2S. The van der Waals surface area contributed by atoms with Gasteiger partial charge in [-0.2, -0.15) is 0 Å². The van der Waals surface area contributed by atoms with Gasteiger partial charge in [-0.3, -0.25) is 0 Å². The first-order valence-electron chi connectivity index (χ1n) is 6.77. The first kappa shape index (κ1) is 17.6. The zero-order valence-corrected chi connectivity index (χ0v) is 14.2. The van der Waals surface area contributed by atoms with E-state index in [1.54, 1.807) is 6.92 Å². The third-order valence-electron chi connectivity index (χ3n) is 3.13. The minimum absolute atomic E-state index is 0.0287. The van der Waals surface area contributed by atoms with Crippen LogP contribution in [0.3, 0.4) is 0 Å². The Bertz CT molecular complexity index is 514. The Balaban J connectivity index is 2.73. The van der Waals surface area contributed by atoms with Gasteiger partial charge in [0.2, 0.25) is 0 Å². The number of nitrogens with one attached hydrogen (secondary N) is 1. The van der Waals surface area contributed by atoms with Crippen molar-refractivity contribution in [2.45, 2.75) is 32.7 Å². The van der Waals surface area contributed by atoms with E-state index in [0.29, 0.717) is 17.3 Å². The van der Waals surface area contributed by atoms with E-state index in [0.717, 1.165) is 12.1 Å². The molecule has 0 spiro atoms. The van der Waals surface area contributed by atoms with Gasteiger partial charge in [-0.15, -0.1) is 0 Å². The van der Waals surface area contributed by atoms with Crippen LogP contribution in [-0.4, -0.2) is 26.5 Å². The Labute approximate surface area is 129 Å². The van der Waals surface area contributed by atoms with Crippen LogP contribution in [-0.2, 0) is 9.84 Å². The molecule has 0 aromatic heterocycles. The smallest absolute Gasteiger partial charge is 0.150 e. The van der Waals surface area contributed by atoms with Crippen LogP contribution in [0.25, 0.3) is 0 Å². The van der Waals surface area contributed by atoms with Crippen molar-refractivity contribution >= 4 is 25.8 Å². The lowest BCUT2D eigenvalue weighted by atomic mass is 10.0. The summed E-state index contributed by atoms with van der Waals surface area (Å²) in [6.07, 6.45) is 1.24. The summed E-state index contributed by atoms with van der Waals surface area (Å²) < 4.78 is 37.1. The van der Waals surface area contributed by atoms with Crippen molar-refractivity contribution in [3.05, 3.63) is 34.1 Å². The minimum Gasteiger partial charge on any atom is -0.310 e. The van der Waals surface area contributed by atoms with Crippen LogP contribution < -0.4 is 5.32 Å². The molecule has 3 nitrogen and oxygen atoms in total. The predicted molar refractivity (Wildman–Crippen MR) is 84.1 cm³/mol. The summed E-state index contributed by atoms with van der Waals surface area (Å²) in [4.78, 5) is 0. The van der Waals surface area contributed by atoms with Crippen molar-refractivity contribution in [1.82, 2.24) is 5.32 Å². The van der Waals surface area contributed by atoms with Crippen molar-refractivity contribution in [1.29, 1.82) is 0 Å². The first-order valence-corrected chi connectivity index (χ1v) is 9.39. The highest BCUT2D eigenvalue weighted by Crippen LogP contribution is 2.24. The molecule has 114 valence electrons. The van der Waals surface area contributed by atoms with Crippen molar-refractivity contribution in [3.8, 4) is 0 Å². The Morgan fingerprint density at radius 1 is 1.30 bits per heavy atom. The molecule has 0 aliphatic rings. The third kappa shape index (κ3) is 5.89. The maximum absolute atomic E-state index is 13.4. The largest absolute Gasteiger partial charge is 0.310 e. The highest BCUT2D eigenvalue weighted by atomic mass is 79.9. The topological polar surface area (TPSA) is 46.2 Å². The van der Waals surface area contributed by atoms with E-state index in [-0.39, 0.29) is 23.4 Å². The summed E-state index contributed by atoms with van der Waals surface area (Å²) in [5.41, 5.74) is 0.840. The number of halogens is 2. The van der Waals surface area contributed by atoms with Gasteiger partial charge in [0.15, 0.2) is 0 Å². The molecule has 1 atom stereocenters. The van der Waals surface area contributed by atoms with Crippen LogP contribution in [0.15, 0.2) is 22.7 Å². The molecule has 0 bridgehead atoms. The van der Waals surface area contributed by atoms with Crippen molar-refractivity contribution < 1.29 is 12.8 Å². The fraction of sp³-hybridized carbons (Fsp3) is 0.571. The van der Waals surface area contributed by atoms with Gasteiger partial charge in [-0.05, 0) is 43.1 Å². The molecule has 1 N–H and O–H groups in total. The molecule has 0 saturated carbocycles. The Kier molecular flexibility index (Phi) is 7.12. The number of sulfone groups is 1. The van der Waals surface area contributed by atoms with Crippen LogP contribution in [0.4, 0.5) is 4.39 Å². The summed E-state index contributed by atoms with van der Waals surface area (Å²) in [6, 6.07) is 4.74. The van der Waals surface area contributed by atoms with Crippen molar-refractivity contribution in [3.63, 3.8) is 0 Å². The van der Waals surface area contributed by atoms with Crippen LogP contribution in [0, 0.1) is 5.82 Å². The molecule has 1 aromatic rings. The predicted octanol–water partition coefficient (Wildman–Crippen LogP) is 3.45. The average Bonchev–Trinajstić information content (AvgIpc) is 2.36. The van der Waals surface area contributed by atoms with Crippen LogP contribution in [0.2, 0.25) is 0 Å². The second-order valence-electron chi connectivity index (χ2n) is 4.69. The number of hydrogen-bond donors (Lipinski definition) is 1. The fourth-order valence-corrected chi connectivity index (χ4v) is 3.44. The zero-order valence-electron chi connectivity index (χ0n) is 11.8. The van der Waals surface area contributed by atoms with Gasteiger partial charge in [0.05, 0.1) is 5.75 Å². The molecule has 0 fully saturated rings. The second-order valence-corrected chi connectivity index (χ2v) is 8.08. The molecule has 0 aliphatic carbocycles. The Morgan fingerprint density at radius 3 is 2.55 bits per heavy atom. The molecule has 1 rings (SSSR count). The molecule has 1 unspecified atom stereocenters. The lowest BCUT2D eigenvalue weighted by Gasteiger charge is -2.18. The zero-order chi connectivity index (χ0) is 15.2. The Hall–Kier alpha value is -0.460. The van der Waals surface area contributed by atoms with Gasteiger partial charge in [0.1, 0.15) is 15.7 Å². The van der Waals surface area contributed by atoms with E-state index < -0.39 is 9.84 Å². The van der Waals surface area contributed by atoms with Crippen molar-refractivity contribution in [2.24, 2.45) is 0 Å². The number of hydrogen-bond acceptors (Lipinski definition) is 3. The van der Waals surface area contributed by atoms with Gasteiger partial charge in [-0.1, -0.05) is 29.8 Å². The van der Waals surface area contributed by atoms with E-state index in [9.17, 15) is 12.8 Å². The lowest BCUT2D eigenvalue weighted by molar-refractivity contribution is 0.502. The maximum Gasteiger partial charge on any atom is 0.150 e. The van der Waals surface area contributed by atoms with Gasteiger partial charge in [0, 0.05) is 16.3 Å². The molecule has 6 heteroatoms. The molecule has 0 aliphatic heterocycles. The van der Waals surface area contributed by atoms with Crippen LogP contribution in [0.5, 0.6) is 0 Å². The van der Waals surface area contributed by atoms with Crippen LogP contribution in [0.1, 0.15) is 38.3 Å². The second kappa shape index (κ2) is 8.10. The summed E-state index contributed by atoms with van der Waals surface area (Å²) >= 11 is 3.28. The summed E-state index contributed by atoms with van der Waals surface area (Å²) in [7, 11) is -2.94. The lowest BCUT2D eigenvalue weighted by Crippen LogP contribution is -2.22. The SMILES string of the molecule is CCNC(CCCS(=O)(=O)CC)c1cc(F)cc(Br)c1. The molecular weight excluding hydrogens is 345 g/mol. The quantitative estimate of drug-likeness (QED) is 0.767. The minimum atomic E-state index is -2.94. The van der Waals surface area contributed by atoms with Gasteiger partial charge in [-0.25, -0.2) is 12.8 Å². The number of rotatable bonds is 8. The normalized spacial score (nSPS) is 13.4. The summed E-state index contributed by atoms with van der Waals surface area (Å²) in [5.74, 6) is 0.0603. The standard InChI is InChI=1S/C14H21BrFNO2S/c1-3-17-14(6-5-7-20(18,19)4-2)11-8-12(15)10-13(16)9-11/h8-10,14,17H,3-7H2,1-2H3. The maximum atomic E-state index is 13.4. The third-order valence-corrected chi connectivity index (χ3v) is 5.37. The molecule has 0 radical (unpaired) electrons. The molecule has 0 amide bonds. The highest BCUT2D eigenvalue weighted by Gasteiger charge is 2.14. The molecule has 0 saturated heterocycles. The van der Waals surface area contributed by atoms with Gasteiger partial charge >= 0.3 is 0 Å². The summed E-state index contributed by atoms with van der Waals surface area (Å²) in [6.45, 7) is 4.38. The monoisotopic (exact) mass is 365 g/mol. The van der Waals surface area contributed by atoms with E-state index >= 15 is 0 Å². The number of benzene rings is 1. The van der Waals surface area contributed by atoms with Crippen LogP contribution >= 0.6 is 15.9 Å². The summed E-state index contributed by atoms with van der Waals surface area (Å²) in [5, 5.41) is 3.28. The highest BCUT2D eigenvalue weighted by molar-refractivity contribution is 9.10. The fourth-order valence-electron chi connectivity index (χ4n) is 2.06. The van der Waals surface area contributed by atoms with Crippen molar-refractivity contribution in [2.75, 3.05) is 18.1 Å². The van der Waals surface area contributed by atoms with Gasteiger partial charge < -0.3 is 5.32 Å².